The molecule has 58 heavy (non-hydrogen) atoms. The quantitative estimate of drug-likeness (QED) is 0.175. The van der Waals surface area contributed by atoms with Crippen LogP contribution in [0.5, 0.6) is 0 Å². The highest BCUT2D eigenvalue weighted by Gasteiger charge is 2.48. The van der Waals surface area contributed by atoms with Gasteiger partial charge < -0.3 is 9.32 Å². The number of hydrogen-bond acceptors (Lipinski definition) is 2. The third kappa shape index (κ3) is 4.32. The number of anilines is 3. The van der Waals surface area contributed by atoms with Crippen LogP contribution in [0, 0.1) is 0 Å². The zero-order chi connectivity index (χ0) is 38.6. The summed E-state index contributed by atoms with van der Waals surface area (Å²) in [6.07, 6.45) is 0. The van der Waals surface area contributed by atoms with Crippen molar-refractivity contribution in [3.8, 4) is 22.3 Å². The first-order chi connectivity index (χ1) is 28.6. The van der Waals surface area contributed by atoms with Crippen molar-refractivity contribution in [2.45, 2.75) is 24.7 Å². The van der Waals surface area contributed by atoms with Gasteiger partial charge in [-0.3, -0.25) is 0 Å². The summed E-state index contributed by atoms with van der Waals surface area (Å²) in [5.41, 5.74) is 17.1. The SMILES string of the molecule is CC1(C)c2ccccc2-c2cccc(N(c3cccc4c3-c3ccccc3C4(c3ccccc3)c3ccccc3)c3cccc4c3oc3c5ccccc5ccc43)c21. The number of benzene rings is 9. The van der Waals surface area contributed by atoms with E-state index in [2.05, 4.69) is 219 Å². The van der Waals surface area contributed by atoms with Crippen LogP contribution < -0.4 is 4.90 Å². The van der Waals surface area contributed by atoms with Gasteiger partial charge in [0.2, 0.25) is 0 Å². The van der Waals surface area contributed by atoms with E-state index in [1.54, 1.807) is 0 Å². The standard InChI is InChI=1S/C56H39NO/c1-55(2)45-28-13-11-24-40(45)41-26-15-32-49(52(41)55)57(50-33-16-27-42-43-35-34-36-18-9-10-23-39(36)53(43)58-54(42)50)48-31-17-30-47-51(48)44-25-12-14-29-46(44)56(47,37-19-5-3-6-20-37)38-21-7-4-8-22-38/h3-35H,1-2H3. The summed E-state index contributed by atoms with van der Waals surface area (Å²) in [6, 6.07) is 73.6. The molecule has 10 aromatic rings. The highest BCUT2D eigenvalue weighted by Crippen LogP contribution is 2.61. The molecule has 0 atom stereocenters. The molecule has 2 nitrogen and oxygen atoms in total. The highest BCUT2D eigenvalue weighted by atomic mass is 16.3. The Morgan fingerprint density at radius 2 is 0.931 bits per heavy atom. The Bertz CT molecular complexity index is 3220. The molecule has 0 spiro atoms. The molecule has 2 aliphatic rings. The Balaban J connectivity index is 1.23. The van der Waals surface area contributed by atoms with E-state index < -0.39 is 5.41 Å². The molecule has 0 aliphatic heterocycles. The zero-order valence-corrected chi connectivity index (χ0v) is 32.4. The molecule has 2 aliphatic carbocycles. The maximum Gasteiger partial charge on any atom is 0.159 e. The molecule has 0 unspecified atom stereocenters. The molecular formula is C56H39NO. The smallest absolute Gasteiger partial charge is 0.159 e. The van der Waals surface area contributed by atoms with Crippen LogP contribution in [0.3, 0.4) is 0 Å². The summed E-state index contributed by atoms with van der Waals surface area (Å²) in [5.74, 6) is 0. The second-order valence-electron chi connectivity index (χ2n) is 16.4. The van der Waals surface area contributed by atoms with E-state index in [0.29, 0.717) is 0 Å². The third-order valence-corrected chi connectivity index (χ3v) is 13.1. The van der Waals surface area contributed by atoms with Crippen molar-refractivity contribution in [3.05, 3.63) is 234 Å². The predicted octanol–water partition coefficient (Wildman–Crippen LogP) is 14.9. The lowest BCUT2D eigenvalue weighted by Crippen LogP contribution is -2.28. The average Bonchev–Trinajstić information content (AvgIpc) is 3.90. The largest absolute Gasteiger partial charge is 0.453 e. The van der Waals surface area contributed by atoms with Crippen LogP contribution in [0.1, 0.15) is 47.2 Å². The van der Waals surface area contributed by atoms with Gasteiger partial charge in [-0.25, -0.2) is 0 Å². The van der Waals surface area contributed by atoms with Gasteiger partial charge in [0.25, 0.3) is 0 Å². The number of para-hydroxylation sites is 1. The van der Waals surface area contributed by atoms with Gasteiger partial charge in [0.15, 0.2) is 5.58 Å². The topological polar surface area (TPSA) is 16.4 Å². The Morgan fingerprint density at radius 1 is 0.379 bits per heavy atom. The van der Waals surface area contributed by atoms with E-state index in [9.17, 15) is 0 Å². The molecule has 0 fully saturated rings. The second kappa shape index (κ2) is 12.2. The molecule has 2 heteroatoms. The minimum absolute atomic E-state index is 0.257. The fraction of sp³-hybridized carbons (Fsp3) is 0.0714. The van der Waals surface area contributed by atoms with Crippen LogP contribution in [0.4, 0.5) is 17.1 Å². The summed E-state index contributed by atoms with van der Waals surface area (Å²) < 4.78 is 7.18. The second-order valence-corrected chi connectivity index (χ2v) is 16.4. The van der Waals surface area contributed by atoms with Gasteiger partial charge in [-0.1, -0.05) is 190 Å². The number of furan rings is 1. The van der Waals surface area contributed by atoms with Gasteiger partial charge in [0.1, 0.15) is 5.58 Å². The lowest BCUT2D eigenvalue weighted by Gasteiger charge is -2.35. The van der Waals surface area contributed by atoms with E-state index in [4.69, 9.17) is 4.42 Å². The molecule has 0 amide bonds. The number of hydrogen-bond donors (Lipinski definition) is 0. The molecule has 9 aromatic carbocycles. The molecule has 274 valence electrons. The number of fused-ring (bicyclic) bond motifs is 11. The normalized spacial score (nSPS) is 14.3. The van der Waals surface area contributed by atoms with Gasteiger partial charge in [0, 0.05) is 27.1 Å². The lowest BCUT2D eigenvalue weighted by atomic mass is 9.68. The van der Waals surface area contributed by atoms with Crippen molar-refractivity contribution < 1.29 is 4.42 Å². The fourth-order valence-electron chi connectivity index (χ4n) is 10.7. The molecule has 0 N–H and O–H groups in total. The summed E-state index contributed by atoms with van der Waals surface area (Å²) in [6.45, 7) is 4.77. The maximum atomic E-state index is 7.18. The van der Waals surface area contributed by atoms with Crippen molar-refractivity contribution >= 4 is 49.8 Å². The van der Waals surface area contributed by atoms with E-state index in [1.165, 1.54) is 61.0 Å². The summed E-state index contributed by atoms with van der Waals surface area (Å²) in [5, 5.41) is 4.52. The maximum absolute atomic E-state index is 7.18. The molecule has 0 saturated heterocycles. The van der Waals surface area contributed by atoms with Gasteiger partial charge >= 0.3 is 0 Å². The van der Waals surface area contributed by atoms with Crippen molar-refractivity contribution in [1.29, 1.82) is 0 Å². The lowest BCUT2D eigenvalue weighted by molar-refractivity contribution is 0.659. The van der Waals surface area contributed by atoms with Gasteiger partial charge in [0.05, 0.1) is 22.5 Å². The zero-order valence-electron chi connectivity index (χ0n) is 32.4. The van der Waals surface area contributed by atoms with E-state index in [-0.39, 0.29) is 5.41 Å². The van der Waals surface area contributed by atoms with E-state index >= 15 is 0 Å². The minimum atomic E-state index is -0.533. The summed E-state index contributed by atoms with van der Waals surface area (Å²) in [4.78, 5) is 2.53. The Labute approximate surface area is 338 Å². The van der Waals surface area contributed by atoms with E-state index in [1.807, 2.05) is 0 Å². The Hall–Kier alpha value is -7.16. The molecule has 1 aromatic heterocycles. The predicted molar refractivity (Wildman–Crippen MR) is 241 cm³/mol. The van der Waals surface area contributed by atoms with Crippen molar-refractivity contribution in [3.63, 3.8) is 0 Å². The summed E-state index contributed by atoms with van der Waals surface area (Å²) >= 11 is 0. The Kier molecular flexibility index (Phi) is 6.93. The van der Waals surface area contributed by atoms with Crippen molar-refractivity contribution in [1.82, 2.24) is 0 Å². The highest BCUT2D eigenvalue weighted by molar-refractivity contribution is 6.18. The van der Waals surface area contributed by atoms with Crippen LogP contribution in [0.2, 0.25) is 0 Å². The van der Waals surface area contributed by atoms with Crippen LogP contribution >= 0.6 is 0 Å². The first-order valence-corrected chi connectivity index (χ1v) is 20.3. The number of nitrogens with zero attached hydrogens (tertiary/aromatic N) is 1. The Morgan fingerprint density at radius 3 is 1.72 bits per heavy atom. The molecule has 0 bridgehead atoms. The minimum Gasteiger partial charge on any atom is -0.453 e. The van der Waals surface area contributed by atoms with Crippen LogP contribution in [-0.2, 0) is 10.8 Å². The molecule has 12 rings (SSSR count). The first kappa shape index (κ1) is 33.0. The van der Waals surface area contributed by atoms with Gasteiger partial charge in [-0.15, -0.1) is 0 Å². The van der Waals surface area contributed by atoms with Gasteiger partial charge in [-0.2, -0.15) is 0 Å². The molecular weight excluding hydrogens is 703 g/mol. The summed E-state index contributed by atoms with van der Waals surface area (Å²) in [7, 11) is 0. The number of rotatable bonds is 5. The van der Waals surface area contributed by atoms with Crippen molar-refractivity contribution in [2.24, 2.45) is 0 Å². The molecule has 0 radical (unpaired) electrons. The first-order valence-electron chi connectivity index (χ1n) is 20.3. The molecule has 0 saturated carbocycles. The van der Waals surface area contributed by atoms with E-state index in [0.717, 1.165) is 44.4 Å². The van der Waals surface area contributed by atoms with Crippen LogP contribution in [0.25, 0.3) is 55.0 Å². The van der Waals surface area contributed by atoms with Gasteiger partial charge in [-0.05, 0) is 79.7 Å². The van der Waals surface area contributed by atoms with Crippen molar-refractivity contribution in [2.75, 3.05) is 4.90 Å². The third-order valence-electron chi connectivity index (χ3n) is 13.1. The van der Waals surface area contributed by atoms with Crippen LogP contribution in [-0.4, -0.2) is 0 Å². The average molecular weight is 742 g/mol. The van der Waals surface area contributed by atoms with Crippen LogP contribution in [0.15, 0.2) is 205 Å². The monoisotopic (exact) mass is 741 g/mol. The fourth-order valence-corrected chi connectivity index (χ4v) is 10.7. The molecule has 1 heterocycles.